The van der Waals surface area contributed by atoms with Crippen molar-refractivity contribution in [3.63, 3.8) is 0 Å². The molecule has 4 nitrogen and oxygen atoms in total. The number of amides is 1. The van der Waals surface area contributed by atoms with Gasteiger partial charge in [-0.05, 0) is 68.0 Å². The maximum absolute atomic E-state index is 13.5. The lowest BCUT2D eigenvalue weighted by Gasteiger charge is -2.22. The number of aryl methyl sites for hydroxylation is 2. The number of halogens is 1. The second-order valence-electron chi connectivity index (χ2n) is 7.67. The summed E-state index contributed by atoms with van der Waals surface area (Å²) >= 11 is 1.58. The third-order valence-corrected chi connectivity index (χ3v) is 6.36. The lowest BCUT2D eigenvalue weighted by molar-refractivity contribution is -0.0000136. The van der Waals surface area contributed by atoms with Gasteiger partial charge in [-0.3, -0.25) is 9.69 Å². The molecule has 4 aromatic rings. The molecule has 0 spiro atoms. The molecule has 4 rings (SSSR count). The Morgan fingerprint density at radius 1 is 0.967 bits per heavy atom. The maximum Gasteiger partial charge on any atom is 0.260 e. The van der Waals surface area contributed by atoms with Gasteiger partial charge in [-0.1, -0.05) is 47.7 Å². The third kappa shape index (κ3) is 4.33. The summed E-state index contributed by atoms with van der Waals surface area (Å²) in [7, 11) is 4.04. The summed E-state index contributed by atoms with van der Waals surface area (Å²) in [6, 6.07) is 18.2. The van der Waals surface area contributed by atoms with Crippen molar-refractivity contribution in [1.82, 2.24) is 9.88 Å². The van der Waals surface area contributed by atoms with Gasteiger partial charge in [-0.2, -0.15) is 0 Å². The summed E-state index contributed by atoms with van der Waals surface area (Å²) in [6.07, 6.45) is 0. The molecule has 1 amide bonds. The average Bonchev–Trinajstić information content (AvgIpc) is 3.15. The number of carbonyl (C=O) groups excluding carboxylic acids is 1. The fraction of sp³-hybridized carbons (Fsp3) is 0.250. The van der Waals surface area contributed by atoms with Crippen molar-refractivity contribution in [1.29, 1.82) is 0 Å². The van der Waals surface area contributed by atoms with Crippen LogP contribution in [0.4, 0.5) is 5.13 Å². The van der Waals surface area contributed by atoms with Crippen LogP contribution >= 0.6 is 11.3 Å². The Balaban J connectivity index is 0.00000256. The molecule has 3 aromatic carbocycles. The van der Waals surface area contributed by atoms with Crippen molar-refractivity contribution in [2.24, 2.45) is 0 Å². The van der Waals surface area contributed by atoms with Crippen molar-refractivity contribution >= 4 is 43.4 Å². The Hall–Kier alpha value is -2.47. The molecular weight excluding hydrogens is 414 g/mol. The minimum atomic E-state index is -0.00830. The monoisotopic (exact) mass is 438 g/mol. The van der Waals surface area contributed by atoms with Gasteiger partial charge in [0, 0.05) is 18.7 Å². The molecule has 0 bridgehead atoms. The van der Waals surface area contributed by atoms with E-state index in [4.69, 9.17) is 4.98 Å². The standard InChI is InChI=1S/C24H25N3OS.ClH/c1-16-9-12-21-22(17(16)2)25-24(29-21)27(14-13-26(3)4)23(28)20-11-10-18-7-5-6-8-19(18)15-20;/h5-12,15H,13-14H2,1-4H3;1H/p-1. The van der Waals surface area contributed by atoms with E-state index >= 15 is 0 Å². The van der Waals surface area contributed by atoms with E-state index in [1.807, 2.05) is 55.4 Å². The van der Waals surface area contributed by atoms with Gasteiger partial charge >= 0.3 is 0 Å². The van der Waals surface area contributed by atoms with Crippen LogP contribution in [0, 0.1) is 13.8 Å². The number of carbonyl (C=O) groups is 1. The van der Waals surface area contributed by atoms with E-state index in [0.29, 0.717) is 12.1 Å². The number of benzene rings is 3. The highest BCUT2D eigenvalue weighted by molar-refractivity contribution is 7.22. The molecule has 0 saturated carbocycles. The first kappa shape index (κ1) is 22.2. The molecular formula is C24H25ClN3OS-. The van der Waals surface area contributed by atoms with Crippen LogP contribution in [0.15, 0.2) is 54.6 Å². The lowest BCUT2D eigenvalue weighted by atomic mass is 10.1. The van der Waals surface area contributed by atoms with Gasteiger partial charge in [0.25, 0.3) is 5.91 Å². The lowest BCUT2D eigenvalue weighted by Crippen LogP contribution is -3.00. The molecule has 0 atom stereocenters. The molecule has 0 aliphatic heterocycles. The number of anilines is 1. The van der Waals surface area contributed by atoms with Crippen LogP contribution < -0.4 is 17.3 Å². The number of nitrogens with zero attached hydrogens (tertiary/aromatic N) is 3. The number of rotatable bonds is 5. The minimum Gasteiger partial charge on any atom is -1.00 e. The number of likely N-dealkylation sites (N-methyl/N-ethyl adjacent to an activating group) is 1. The van der Waals surface area contributed by atoms with Crippen molar-refractivity contribution in [3.8, 4) is 0 Å². The molecule has 0 radical (unpaired) electrons. The van der Waals surface area contributed by atoms with E-state index in [-0.39, 0.29) is 18.3 Å². The summed E-state index contributed by atoms with van der Waals surface area (Å²) < 4.78 is 1.12. The van der Waals surface area contributed by atoms with E-state index < -0.39 is 0 Å². The number of hydrogen-bond acceptors (Lipinski definition) is 4. The zero-order valence-corrected chi connectivity index (χ0v) is 19.2. The number of hydrogen-bond donors (Lipinski definition) is 0. The molecule has 156 valence electrons. The SMILES string of the molecule is Cc1ccc2sc(N(CCN(C)C)C(=O)c3ccc4ccccc4c3)nc2c1C.[Cl-]. The Labute approximate surface area is 187 Å². The van der Waals surface area contributed by atoms with E-state index in [9.17, 15) is 4.79 Å². The maximum atomic E-state index is 13.5. The Bertz CT molecular complexity index is 1200. The number of fused-ring (bicyclic) bond motifs is 2. The molecule has 0 saturated heterocycles. The van der Waals surface area contributed by atoms with E-state index in [0.717, 1.165) is 32.7 Å². The topological polar surface area (TPSA) is 36.4 Å². The van der Waals surface area contributed by atoms with Gasteiger partial charge in [0.2, 0.25) is 0 Å². The minimum absolute atomic E-state index is 0. The molecule has 30 heavy (non-hydrogen) atoms. The second-order valence-corrected chi connectivity index (χ2v) is 8.68. The molecule has 1 heterocycles. The fourth-order valence-corrected chi connectivity index (χ4v) is 4.44. The van der Waals surface area contributed by atoms with E-state index in [1.165, 1.54) is 11.1 Å². The van der Waals surface area contributed by atoms with Gasteiger partial charge < -0.3 is 17.3 Å². The molecule has 0 aliphatic carbocycles. The molecule has 6 heteroatoms. The summed E-state index contributed by atoms with van der Waals surface area (Å²) in [6.45, 7) is 5.55. The van der Waals surface area contributed by atoms with E-state index in [1.54, 1.807) is 11.3 Å². The largest absolute Gasteiger partial charge is 1.00 e. The van der Waals surface area contributed by atoms with Crippen molar-refractivity contribution in [2.75, 3.05) is 32.1 Å². The van der Waals surface area contributed by atoms with E-state index in [2.05, 4.69) is 36.9 Å². The van der Waals surface area contributed by atoms with Crippen LogP contribution in [-0.4, -0.2) is 43.0 Å². The predicted molar refractivity (Wildman–Crippen MR) is 123 cm³/mol. The summed E-state index contributed by atoms with van der Waals surface area (Å²) in [5.41, 5.74) is 4.08. The first-order chi connectivity index (χ1) is 13.9. The highest BCUT2D eigenvalue weighted by atomic mass is 35.5. The normalized spacial score (nSPS) is 11.1. The molecule has 0 N–H and O–H groups in total. The second kappa shape index (κ2) is 9.13. The average molecular weight is 439 g/mol. The van der Waals surface area contributed by atoms with Crippen LogP contribution in [0.2, 0.25) is 0 Å². The highest BCUT2D eigenvalue weighted by Gasteiger charge is 2.22. The first-order valence-corrected chi connectivity index (χ1v) is 10.6. The Morgan fingerprint density at radius 3 is 2.43 bits per heavy atom. The molecule has 0 fully saturated rings. The quantitative estimate of drug-likeness (QED) is 0.479. The first-order valence-electron chi connectivity index (χ1n) is 9.76. The smallest absolute Gasteiger partial charge is 0.260 e. The Kier molecular flexibility index (Phi) is 6.76. The number of thiazole rings is 1. The zero-order chi connectivity index (χ0) is 20.5. The zero-order valence-electron chi connectivity index (χ0n) is 17.6. The van der Waals surface area contributed by atoms with Crippen LogP contribution in [0.1, 0.15) is 21.5 Å². The van der Waals surface area contributed by atoms with Crippen molar-refractivity contribution < 1.29 is 17.2 Å². The highest BCUT2D eigenvalue weighted by Crippen LogP contribution is 2.32. The number of aromatic nitrogens is 1. The van der Waals surface area contributed by atoms with Crippen molar-refractivity contribution in [3.05, 3.63) is 71.3 Å². The molecule has 0 aliphatic rings. The predicted octanol–water partition coefficient (Wildman–Crippen LogP) is 2.28. The van der Waals surface area contributed by atoms with Gasteiger partial charge in [-0.15, -0.1) is 0 Å². The van der Waals surface area contributed by atoms with Gasteiger partial charge in [0.15, 0.2) is 5.13 Å². The van der Waals surface area contributed by atoms with Crippen LogP contribution in [-0.2, 0) is 0 Å². The van der Waals surface area contributed by atoms with Gasteiger partial charge in [-0.25, -0.2) is 4.98 Å². The van der Waals surface area contributed by atoms with Crippen LogP contribution in [0.25, 0.3) is 21.0 Å². The Morgan fingerprint density at radius 2 is 1.70 bits per heavy atom. The fourth-order valence-electron chi connectivity index (χ4n) is 3.39. The van der Waals surface area contributed by atoms with Crippen LogP contribution in [0.5, 0.6) is 0 Å². The van der Waals surface area contributed by atoms with Crippen molar-refractivity contribution in [2.45, 2.75) is 13.8 Å². The summed E-state index contributed by atoms with van der Waals surface area (Å²) in [4.78, 5) is 22.3. The molecule has 0 unspecified atom stereocenters. The van der Waals surface area contributed by atoms with Gasteiger partial charge in [0.1, 0.15) is 0 Å². The van der Waals surface area contributed by atoms with Crippen LogP contribution in [0.3, 0.4) is 0 Å². The molecule has 1 aromatic heterocycles. The van der Waals surface area contributed by atoms with Gasteiger partial charge in [0.05, 0.1) is 10.2 Å². The summed E-state index contributed by atoms with van der Waals surface area (Å²) in [5, 5.41) is 2.96. The third-order valence-electron chi connectivity index (χ3n) is 5.32. The summed E-state index contributed by atoms with van der Waals surface area (Å²) in [5.74, 6) is -0.00830.